The van der Waals surface area contributed by atoms with Crippen molar-refractivity contribution in [2.24, 2.45) is 0 Å². The van der Waals surface area contributed by atoms with Crippen LogP contribution < -0.4 is 0 Å². The van der Waals surface area contributed by atoms with Crippen molar-refractivity contribution in [1.82, 2.24) is 4.57 Å². The molecule has 1 aromatic heterocycles. The largest absolute Gasteiger partial charge is 0.477 e. The molecule has 0 amide bonds. The standard InChI is InChI=1S/C19H17Cl2NO3S/c20-14-6-5-12(9-15(14)21)11-22-16-3-1-4-18(26-8-2-7-23)13(16)10-17(22)19(24)25/h1,3-6,9-10,23H,2,7-8,11H2,(H,24,25). The lowest BCUT2D eigenvalue weighted by molar-refractivity contribution is 0.0686. The summed E-state index contributed by atoms with van der Waals surface area (Å²) in [6.07, 6.45) is 0.691. The van der Waals surface area contributed by atoms with Crippen LogP contribution in [0.1, 0.15) is 22.5 Å². The number of benzene rings is 2. The van der Waals surface area contributed by atoms with E-state index in [2.05, 4.69) is 0 Å². The zero-order valence-corrected chi connectivity index (χ0v) is 16.1. The van der Waals surface area contributed by atoms with E-state index in [1.54, 1.807) is 34.5 Å². The number of aliphatic hydroxyl groups excluding tert-OH is 1. The molecule has 7 heteroatoms. The maximum absolute atomic E-state index is 11.8. The Morgan fingerprint density at radius 3 is 2.62 bits per heavy atom. The molecular formula is C19H17Cl2NO3S. The van der Waals surface area contributed by atoms with Gasteiger partial charge in [0.1, 0.15) is 5.69 Å². The SMILES string of the molecule is O=C(O)c1cc2c(SCCCO)cccc2n1Cc1ccc(Cl)c(Cl)c1. The van der Waals surface area contributed by atoms with E-state index in [0.29, 0.717) is 23.0 Å². The van der Waals surface area contributed by atoms with E-state index < -0.39 is 5.97 Å². The van der Waals surface area contributed by atoms with Crippen LogP contribution in [-0.4, -0.2) is 33.1 Å². The highest BCUT2D eigenvalue weighted by Crippen LogP contribution is 2.32. The van der Waals surface area contributed by atoms with E-state index in [-0.39, 0.29) is 12.3 Å². The summed E-state index contributed by atoms with van der Waals surface area (Å²) in [5.74, 6) is -0.205. The number of halogens is 2. The number of thioether (sulfide) groups is 1. The molecule has 0 radical (unpaired) electrons. The first-order chi connectivity index (χ1) is 12.5. The summed E-state index contributed by atoms with van der Waals surface area (Å²) in [5, 5.41) is 20.4. The lowest BCUT2D eigenvalue weighted by Gasteiger charge is -2.10. The minimum atomic E-state index is -0.979. The number of rotatable bonds is 7. The van der Waals surface area contributed by atoms with Gasteiger partial charge in [-0.2, -0.15) is 0 Å². The maximum atomic E-state index is 11.8. The first kappa shape index (κ1) is 19.1. The Morgan fingerprint density at radius 2 is 1.92 bits per heavy atom. The molecule has 0 aliphatic rings. The predicted molar refractivity (Wildman–Crippen MR) is 107 cm³/mol. The molecule has 136 valence electrons. The van der Waals surface area contributed by atoms with E-state index >= 15 is 0 Å². The zero-order valence-electron chi connectivity index (χ0n) is 13.8. The number of carboxylic acid groups (broad SMARTS) is 1. The Labute approximate surface area is 165 Å². The summed E-state index contributed by atoms with van der Waals surface area (Å²) in [6, 6.07) is 12.8. The van der Waals surface area contributed by atoms with Crippen molar-refractivity contribution < 1.29 is 15.0 Å². The smallest absolute Gasteiger partial charge is 0.352 e. The number of aromatic nitrogens is 1. The summed E-state index contributed by atoms with van der Waals surface area (Å²) in [5.41, 5.74) is 1.95. The average molecular weight is 410 g/mol. The Morgan fingerprint density at radius 1 is 1.12 bits per heavy atom. The summed E-state index contributed by atoms with van der Waals surface area (Å²) in [6.45, 7) is 0.522. The molecule has 0 bridgehead atoms. The minimum absolute atomic E-state index is 0.141. The number of carbonyl (C=O) groups is 1. The number of fused-ring (bicyclic) bond motifs is 1. The molecule has 2 aromatic carbocycles. The number of carboxylic acids is 1. The lowest BCUT2D eigenvalue weighted by Crippen LogP contribution is -2.09. The molecule has 0 aliphatic carbocycles. The molecule has 0 atom stereocenters. The third kappa shape index (κ3) is 4.01. The van der Waals surface area contributed by atoms with Crippen LogP contribution in [0.3, 0.4) is 0 Å². The maximum Gasteiger partial charge on any atom is 0.352 e. The van der Waals surface area contributed by atoms with Gasteiger partial charge in [0.05, 0.1) is 15.6 Å². The van der Waals surface area contributed by atoms with Crippen LogP contribution in [-0.2, 0) is 6.54 Å². The zero-order chi connectivity index (χ0) is 18.7. The van der Waals surface area contributed by atoms with Crippen molar-refractivity contribution in [2.75, 3.05) is 12.4 Å². The second-order valence-corrected chi connectivity index (χ2v) is 7.74. The van der Waals surface area contributed by atoms with Gasteiger partial charge in [-0.05, 0) is 42.3 Å². The first-order valence-electron chi connectivity index (χ1n) is 8.04. The molecule has 1 heterocycles. The van der Waals surface area contributed by atoms with Crippen LogP contribution in [0, 0.1) is 0 Å². The van der Waals surface area contributed by atoms with E-state index in [9.17, 15) is 9.90 Å². The summed E-state index contributed by atoms with van der Waals surface area (Å²) in [4.78, 5) is 12.8. The van der Waals surface area contributed by atoms with Crippen molar-refractivity contribution in [3.63, 3.8) is 0 Å². The highest BCUT2D eigenvalue weighted by Gasteiger charge is 2.17. The highest BCUT2D eigenvalue weighted by atomic mass is 35.5. The van der Waals surface area contributed by atoms with Crippen molar-refractivity contribution in [3.8, 4) is 0 Å². The quantitative estimate of drug-likeness (QED) is 0.417. The van der Waals surface area contributed by atoms with Gasteiger partial charge >= 0.3 is 5.97 Å². The fourth-order valence-corrected chi connectivity index (χ4v) is 4.11. The molecule has 0 saturated carbocycles. The van der Waals surface area contributed by atoms with Gasteiger partial charge < -0.3 is 14.8 Å². The summed E-state index contributed by atoms with van der Waals surface area (Å²) >= 11 is 13.7. The Balaban J connectivity index is 2.05. The van der Waals surface area contributed by atoms with Crippen molar-refractivity contribution >= 4 is 51.8 Å². The van der Waals surface area contributed by atoms with E-state index in [1.807, 2.05) is 24.3 Å². The third-order valence-corrected chi connectivity index (χ3v) is 5.91. The molecule has 2 N–H and O–H groups in total. The molecule has 3 aromatic rings. The van der Waals surface area contributed by atoms with Gasteiger partial charge in [0.25, 0.3) is 0 Å². The van der Waals surface area contributed by atoms with Crippen LogP contribution in [0.15, 0.2) is 47.4 Å². The molecule has 4 nitrogen and oxygen atoms in total. The fourth-order valence-electron chi connectivity index (χ4n) is 2.80. The third-order valence-electron chi connectivity index (χ3n) is 4.01. The van der Waals surface area contributed by atoms with E-state index in [0.717, 1.165) is 27.1 Å². The van der Waals surface area contributed by atoms with Gasteiger partial charge in [-0.25, -0.2) is 4.79 Å². The van der Waals surface area contributed by atoms with Crippen LogP contribution in [0.25, 0.3) is 10.9 Å². The lowest BCUT2D eigenvalue weighted by atomic mass is 10.2. The fraction of sp³-hybridized carbons (Fsp3) is 0.211. The topological polar surface area (TPSA) is 62.5 Å². The monoisotopic (exact) mass is 409 g/mol. The van der Waals surface area contributed by atoms with E-state index in [4.69, 9.17) is 28.3 Å². The predicted octanol–water partition coefficient (Wildman–Crippen LogP) is 5.17. The number of nitrogens with zero attached hydrogens (tertiary/aromatic N) is 1. The second kappa shape index (κ2) is 8.35. The normalized spacial score (nSPS) is 11.2. The number of aromatic carboxylic acids is 1. The van der Waals surface area contributed by atoms with Gasteiger partial charge in [0, 0.05) is 29.2 Å². The van der Waals surface area contributed by atoms with Crippen molar-refractivity contribution in [2.45, 2.75) is 17.9 Å². The van der Waals surface area contributed by atoms with Crippen molar-refractivity contribution in [1.29, 1.82) is 0 Å². The average Bonchev–Trinajstić information content (AvgIpc) is 2.98. The second-order valence-electron chi connectivity index (χ2n) is 5.78. The van der Waals surface area contributed by atoms with Crippen LogP contribution in [0.5, 0.6) is 0 Å². The molecular weight excluding hydrogens is 393 g/mol. The van der Waals surface area contributed by atoms with Crippen LogP contribution >= 0.6 is 35.0 Å². The molecule has 3 rings (SSSR count). The van der Waals surface area contributed by atoms with Gasteiger partial charge in [0.2, 0.25) is 0 Å². The number of aliphatic hydroxyl groups is 1. The van der Waals surface area contributed by atoms with Crippen LogP contribution in [0.2, 0.25) is 10.0 Å². The Hall–Kier alpha value is -1.66. The van der Waals surface area contributed by atoms with Gasteiger partial charge in [0.15, 0.2) is 0 Å². The molecule has 0 fully saturated rings. The molecule has 0 aliphatic heterocycles. The molecule has 0 unspecified atom stereocenters. The van der Waals surface area contributed by atoms with Crippen molar-refractivity contribution in [3.05, 3.63) is 63.8 Å². The minimum Gasteiger partial charge on any atom is -0.477 e. The molecule has 0 saturated heterocycles. The molecule has 0 spiro atoms. The number of hydrogen-bond acceptors (Lipinski definition) is 3. The first-order valence-corrected chi connectivity index (χ1v) is 9.78. The number of hydrogen-bond donors (Lipinski definition) is 2. The van der Waals surface area contributed by atoms with Gasteiger partial charge in [-0.3, -0.25) is 0 Å². The summed E-state index contributed by atoms with van der Waals surface area (Å²) in [7, 11) is 0. The highest BCUT2D eigenvalue weighted by molar-refractivity contribution is 7.99. The van der Waals surface area contributed by atoms with Gasteiger partial charge in [-0.15, -0.1) is 11.8 Å². The van der Waals surface area contributed by atoms with Crippen LogP contribution in [0.4, 0.5) is 0 Å². The van der Waals surface area contributed by atoms with Gasteiger partial charge in [-0.1, -0.05) is 35.3 Å². The Bertz CT molecular complexity index is 955. The Kier molecular flexibility index (Phi) is 6.14. The van der Waals surface area contributed by atoms with E-state index in [1.165, 1.54) is 0 Å². The molecule has 26 heavy (non-hydrogen) atoms. The summed E-state index contributed by atoms with van der Waals surface area (Å²) < 4.78 is 1.77.